The molecule has 2 aromatic rings. The average Bonchev–Trinajstić information content (AvgIpc) is 2.72. The van der Waals surface area contributed by atoms with Gasteiger partial charge in [-0.15, -0.1) is 0 Å². The van der Waals surface area contributed by atoms with Gasteiger partial charge in [0.15, 0.2) is 0 Å². The molecule has 0 aliphatic rings. The van der Waals surface area contributed by atoms with Crippen molar-refractivity contribution in [2.45, 2.75) is 13.8 Å². The second-order valence-electron chi connectivity index (χ2n) is 6.28. The molecule has 158 valence electrons. The summed E-state index contributed by atoms with van der Waals surface area (Å²) in [5, 5.41) is 5.15. The topological polar surface area (TPSA) is 118 Å². The van der Waals surface area contributed by atoms with E-state index in [0.29, 0.717) is 28.6 Å². The summed E-state index contributed by atoms with van der Waals surface area (Å²) < 4.78 is 10.2. The van der Waals surface area contributed by atoms with Gasteiger partial charge < -0.3 is 25.5 Å². The standard InChI is InChI=1S/C21H24N4O5/c1-13-5-10-18(30-4)17(11-13)23-19(26)12-14(2)24-25-21(28)20(27)22-15-6-8-16(29-3)9-7-15/h5-12,24H,1-4H3,(H,22,27)(H,23,26)(H,25,28). The minimum Gasteiger partial charge on any atom is -0.497 e. The van der Waals surface area contributed by atoms with Crippen molar-refractivity contribution in [1.29, 1.82) is 0 Å². The summed E-state index contributed by atoms with van der Waals surface area (Å²) in [5.41, 5.74) is 6.98. The van der Waals surface area contributed by atoms with Crippen LogP contribution in [0.4, 0.5) is 11.4 Å². The molecule has 2 aromatic carbocycles. The van der Waals surface area contributed by atoms with Gasteiger partial charge in [0.2, 0.25) is 5.91 Å². The predicted octanol–water partition coefficient (Wildman–Crippen LogP) is 2.11. The summed E-state index contributed by atoms with van der Waals surface area (Å²) >= 11 is 0. The number of hydrazine groups is 1. The molecule has 0 saturated carbocycles. The lowest BCUT2D eigenvalue weighted by Gasteiger charge is -2.11. The number of methoxy groups -OCH3 is 2. The second-order valence-corrected chi connectivity index (χ2v) is 6.28. The van der Waals surface area contributed by atoms with Crippen molar-refractivity contribution in [3.8, 4) is 11.5 Å². The zero-order chi connectivity index (χ0) is 22.1. The fraction of sp³-hybridized carbons (Fsp3) is 0.190. The van der Waals surface area contributed by atoms with E-state index in [0.717, 1.165) is 5.56 Å². The highest BCUT2D eigenvalue weighted by atomic mass is 16.5. The Hall–Kier alpha value is -4.01. The van der Waals surface area contributed by atoms with Crippen LogP contribution in [0.25, 0.3) is 0 Å². The van der Waals surface area contributed by atoms with Gasteiger partial charge in [-0.3, -0.25) is 19.8 Å². The molecular weight excluding hydrogens is 388 g/mol. The molecule has 0 aliphatic heterocycles. The Kier molecular flexibility index (Phi) is 7.81. The Labute approximate surface area is 174 Å². The van der Waals surface area contributed by atoms with Crippen molar-refractivity contribution in [1.82, 2.24) is 10.9 Å². The van der Waals surface area contributed by atoms with Gasteiger partial charge in [-0.1, -0.05) is 6.07 Å². The third-order valence-corrected chi connectivity index (χ3v) is 3.89. The number of aryl methyl sites for hydroxylation is 1. The van der Waals surface area contributed by atoms with Gasteiger partial charge >= 0.3 is 11.8 Å². The summed E-state index contributed by atoms with van der Waals surface area (Å²) in [6.07, 6.45) is 1.24. The lowest BCUT2D eigenvalue weighted by atomic mass is 10.2. The monoisotopic (exact) mass is 412 g/mol. The summed E-state index contributed by atoms with van der Waals surface area (Å²) in [7, 11) is 3.04. The maximum Gasteiger partial charge on any atom is 0.327 e. The van der Waals surface area contributed by atoms with E-state index < -0.39 is 17.7 Å². The average molecular weight is 412 g/mol. The SMILES string of the molecule is COc1ccc(NC(=O)C(=O)NNC(C)=CC(=O)Nc2cc(C)ccc2OC)cc1. The van der Waals surface area contributed by atoms with Crippen LogP contribution in [0.3, 0.4) is 0 Å². The lowest BCUT2D eigenvalue weighted by molar-refractivity contribution is -0.136. The first-order chi connectivity index (χ1) is 14.3. The quantitative estimate of drug-likeness (QED) is 0.314. The molecule has 0 spiro atoms. The molecule has 0 fully saturated rings. The number of allylic oxidation sites excluding steroid dienone is 1. The van der Waals surface area contributed by atoms with Crippen LogP contribution in [0.2, 0.25) is 0 Å². The predicted molar refractivity (Wildman–Crippen MR) is 113 cm³/mol. The van der Waals surface area contributed by atoms with Crippen molar-refractivity contribution < 1.29 is 23.9 Å². The van der Waals surface area contributed by atoms with Gasteiger partial charge in [0.05, 0.1) is 19.9 Å². The first-order valence-electron chi connectivity index (χ1n) is 8.97. The van der Waals surface area contributed by atoms with Crippen molar-refractivity contribution in [3.63, 3.8) is 0 Å². The van der Waals surface area contributed by atoms with E-state index in [9.17, 15) is 14.4 Å². The molecule has 0 bridgehead atoms. The molecule has 0 unspecified atom stereocenters. The second kappa shape index (κ2) is 10.5. The van der Waals surface area contributed by atoms with Gasteiger partial charge in [-0.05, 0) is 55.8 Å². The van der Waals surface area contributed by atoms with E-state index in [1.165, 1.54) is 20.3 Å². The summed E-state index contributed by atoms with van der Waals surface area (Å²) in [6, 6.07) is 11.9. The molecule has 30 heavy (non-hydrogen) atoms. The molecule has 0 aromatic heterocycles. The van der Waals surface area contributed by atoms with Crippen LogP contribution in [0, 0.1) is 6.92 Å². The molecule has 0 heterocycles. The molecular formula is C21H24N4O5. The number of ether oxygens (including phenoxy) is 2. The van der Waals surface area contributed by atoms with Gasteiger partial charge in [0.1, 0.15) is 11.5 Å². The van der Waals surface area contributed by atoms with Crippen LogP contribution in [-0.4, -0.2) is 31.9 Å². The third kappa shape index (κ3) is 6.55. The normalized spacial score (nSPS) is 10.6. The highest BCUT2D eigenvalue weighted by molar-refractivity contribution is 6.39. The number of anilines is 2. The molecule has 0 saturated heterocycles. The van der Waals surface area contributed by atoms with Gasteiger partial charge in [0.25, 0.3) is 0 Å². The van der Waals surface area contributed by atoms with E-state index in [1.807, 2.05) is 13.0 Å². The molecule has 3 amide bonds. The Morgan fingerprint density at radius 3 is 2.20 bits per heavy atom. The highest BCUT2D eigenvalue weighted by Crippen LogP contribution is 2.25. The number of hydrogen-bond acceptors (Lipinski definition) is 6. The van der Waals surface area contributed by atoms with Crippen LogP contribution in [0.15, 0.2) is 54.2 Å². The summed E-state index contributed by atoms with van der Waals surface area (Å²) in [4.78, 5) is 36.0. The van der Waals surface area contributed by atoms with E-state index in [2.05, 4.69) is 21.5 Å². The first-order valence-corrected chi connectivity index (χ1v) is 8.97. The van der Waals surface area contributed by atoms with Crippen LogP contribution in [0.5, 0.6) is 11.5 Å². The fourth-order valence-electron chi connectivity index (χ4n) is 2.40. The zero-order valence-electron chi connectivity index (χ0n) is 17.2. The number of amides is 3. The van der Waals surface area contributed by atoms with Crippen LogP contribution in [-0.2, 0) is 14.4 Å². The maximum atomic E-state index is 12.2. The van der Waals surface area contributed by atoms with Crippen LogP contribution in [0.1, 0.15) is 12.5 Å². The van der Waals surface area contributed by atoms with E-state index in [1.54, 1.807) is 43.3 Å². The molecule has 2 rings (SSSR count). The van der Waals surface area contributed by atoms with Gasteiger partial charge in [0, 0.05) is 17.5 Å². The Bertz CT molecular complexity index is 954. The van der Waals surface area contributed by atoms with E-state index in [-0.39, 0.29) is 0 Å². The third-order valence-electron chi connectivity index (χ3n) is 3.89. The molecule has 0 aliphatic carbocycles. The molecule has 4 N–H and O–H groups in total. The minimum absolute atomic E-state index is 0.324. The molecule has 9 heteroatoms. The van der Waals surface area contributed by atoms with Gasteiger partial charge in [-0.25, -0.2) is 0 Å². The summed E-state index contributed by atoms with van der Waals surface area (Å²) in [6.45, 7) is 3.46. The number of nitrogens with one attached hydrogen (secondary N) is 4. The lowest BCUT2D eigenvalue weighted by Crippen LogP contribution is -2.43. The Balaban J connectivity index is 1.87. The first kappa shape index (κ1) is 22.3. The number of benzene rings is 2. The molecule has 0 radical (unpaired) electrons. The van der Waals surface area contributed by atoms with Crippen molar-refractivity contribution in [2.24, 2.45) is 0 Å². The maximum absolute atomic E-state index is 12.2. The zero-order valence-corrected chi connectivity index (χ0v) is 17.2. The van der Waals surface area contributed by atoms with Crippen molar-refractivity contribution in [3.05, 3.63) is 59.8 Å². The Morgan fingerprint density at radius 2 is 1.57 bits per heavy atom. The largest absolute Gasteiger partial charge is 0.497 e. The molecule has 9 nitrogen and oxygen atoms in total. The van der Waals surface area contributed by atoms with E-state index >= 15 is 0 Å². The number of rotatable bonds is 7. The number of carbonyl (C=O) groups excluding carboxylic acids is 3. The minimum atomic E-state index is -0.917. The summed E-state index contributed by atoms with van der Waals surface area (Å²) in [5.74, 6) is -1.06. The molecule has 0 atom stereocenters. The smallest absolute Gasteiger partial charge is 0.327 e. The fourth-order valence-corrected chi connectivity index (χ4v) is 2.40. The number of carbonyl (C=O) groups is 3. The van der Waals surface area contributed by atoms with Crippen LogP contribution >= 0.6 is 0 Å². The number of hydrogen-bond donors (Lipinski definition) is 4. The highest BCUT2D eigenvalue weighted by Gasteiger charge is 2.13. The van der Waals surface area contributed by atoms with Crippen LogP contribution < -0.4 is 31.0 Å². The Morgan fingerprint density at radius 1 is 0.867 bits per heavy atom. The van der Waals surface area contributed by atoms with Crippen molar-refractivity contribution >= 4 is 29.1 Å². The van der Waals surface area contributed by atoms with Gasteiger partial charge in [-0.2, -0.15) is 0 Å². The van der Waals surface area contributed by atoms with E-state index in [4.69, 9.17) is 9.47 Å². The van der Waals surface area contributed by atoms with Crippen molar-refractivity contribution in [2.75, 3.05) is 24.9 Å².